The number of carbonyl (C=O) groups is 1. The fourth-order valence-electron chi connectivity index (χ4n) is 2.36. The highest BCUT2D eigenvalue weighted by Gasteiger charge is 2.35. The van der Waals surface area contributed by atoms with Crippen LogP contribution < -0.4 is 5.32 Å². The molecule has 2 N–H and O–H groups in total. The van der Waals surface area contributed by atoms with Crippen LogP contribution in [0, 0.1) is 5.92 Å². The van der Waals surface area contributed by atoms with Crippen molar-refractivity contribution in [2.24, 2.45) is 13.0 Å². The molecule has 1 amide bonds. The highest BCUT2D eigenvalue weighted by Crippen LogP contribution is 2.40. The summed E-state index contributed by atoms with van der Waals surface area (Å²) in [6.07, 6.45) is 6.76. The molecule has 8 heteroatoms. The highest BCUT2D eigenvalue weighted by atomic mass is 35.5. The molecule has 2 aromatic rings. The van der Waals surface area contributed by atoms with E-state index in [1.807, 2.05) is 17.8 Å². The lowest BCUT2D eigenvalue weighted by Crippen LogP contribution is -2.31. The van der Waals surface area contributed by atoms with Gasteiger partial charge in [0.05, 0.1) is 6.04 Å². The Hall–Kier alpha value is -1.89. The Balaban J connectivity index is 1.58. The van der Waals surface area contributed by atoms with Crippen LogP contribution >= 0.6 is 11.6 Å². The van der Waals surface area contributed by atoms with Crippen molar-refractivity contribution in [2.45, 2.75) is 31.7 Å². The van der Waals surface area contributed by atoms with Crippen molar-refractivity contribution in [2.75, 3.05) is 0 Å². The van der Waals surface area contributed by atoms with Gasteiger partial charge in [-0.05, 0) is 30.4 Å². The van der Waals surface area contributed by atoms with E-state index < -0.39 is 0 Å². The van der Waals surface area contributed by atoms with Crippen molar-refractivity contribution in [3.63, 3.8) is 0 Å². The van der Waals surface area contributed by atoms with Crippen LogP contribution in [-0.2, 0) is 18.3 Å². The Morgan fingerprint density at radius 2 is 2.43 bits per heavy atom. The van der Waals surface area contributed by atoms with Crippen molar-refractivity contribution in [1.82, 2.24) is 30.0 Å². The molecular weight excluding hydrogens is 292 g/mol. The zero-order valence-electron chi connectivity index (χ0n) is 11.7. The van der Waals surface area contributed by atoms with Crippen LogP contribution in [0.5, 0.6) is 0 Å². The molecule has 1 atom stereocenters. The first-order valence-electron chi connectivity index (χ1n) is 6.97. The summed E-state index contributed by atoms with van der Waals surface area (Å²) in [4.78, 5) is 20.5. The fourth-order valence-corrected chi connectivity index (χ4v) is 2.51. The Bertz CT molecular complexity index is 632. The first-order chi connectivity index (χ1) is 10.1. The van der Waals surface area contributed by atoms with Crippen molar-refractivity contribution < 1.29 is 4.79 Å². The lowest BCUT2D eigenvalue weighted by atomic mass is 10.1. The summed E-state index contributed by atoms with van der Waals surface area (Å²) < 4.78 is 1.96. The van der Waals surface area contributed by atoms with Crippen LogP contribution in [-0.4, -0.2) is 30.6 Å². The zero-order chi connectivity index (χ0) is 14.8. The lowest BCUT2D eigenvalue weighted by molar-refractivity contribution is -0.122. The molecule has 0 bridgehead atoms. The highest BCUT2D eigenvalue weighted by molar-refractivity contribution is 6.28. The van der Waals surface area contributed by atoms with Crippen molar-refractivity contribution in [1.29, 1.82) is 0 Å². The van der Waals surface area contributed by atoms with Gasteiger partial charge in [0.25, 0.3) is 0 Å². The van der Waals surface area contributed by atoms with Crippen molar-refractivity contribution in [3.05, 3.63) is 29.3 Å². The number of H-pyrrole nitrogens is 1. The minimum atomic E-state index is -0.0116. The number of aryl methyl sites for hydroxylation is 2. The maximum absolute atomic E-state index is 12.1. The second kappa shape index (κ2) is 5.85. The number of imidazole rings is 1. The van der Waals surface area contributed by atoms with Gasteiger partial charge in [0.2, 0.25) is 11.2 Å². The van der Waals surface area contributed by atoms with Crippen molar-refractivity contribution >= 4 is 17.5 Å². The molecule has 0 aromatic carbocycles. The van der Waals surface area contributed by atoms with E-state index in [2.05, 4.69) is 25.5 Å². The third-order valence-corrected chi connectivity index (χ3v) is 3.81. The Morgan fingerprint density at radius 1 is 1.62 bits per heavy atom. The molecule has 21 heavy (non-hydrogen) atoms. The van der Waals surface area contributed by atoms with Gasteiger partial charge in [0, 0.05) is 32.3 Å². The molecule has 1 saturated carbocycles. The average Bonchev–Trinajstić information content (AvgIpc) is 3.08. The lowest BCUT2D eigenvalue weighted by Gasteiger charge is -2.18. The molecule has 0 radical (unpaired) electrons. The summed E-state index contributed by atoms with van der Waals surface area (Å²) in [6, 6.07) is -0.00388. The van der Waals surface area contributed by atoms with E-state index >= 15 is 0 Å². The number of amides is 1. The van der Waals surface area contributed by atoms with Crippen LogP contribution in [0.3, 0.4) is 0 Å². The number of halogens is 1. The van der Waals surface area contributed by atoms with E-state index in [0.29, 0.717) is 24.6 Å². The van der Waals surface area contributed by atoms with Gasteiger partial charge < -0.3 is 9.88 Å². The maximum atomic E-state index is 12.1. The smallest absolute Gasteiger partial charge is 0.242 e. The second-order valence-corrected chi connectivity index (χ2v) is 5.67. The molecular formula is C13H17ClN6O. The van der Waals surface area contributed by atoms with E-state index in [1.54, 1.807) is 6.20 Å². The summed E-state index contributed by atoms with van der Waals surface area (Å²) >= 11 is 5.63. The summed E-state index contributed by atoms with van der Waals surface area (Å²) in [5.41, 5.74) is 0. The van der Waals surface area contributed by atoms with E-state index in [0.717, 1.165) is 18.7 Å². The molecule has 0 spiro atoms. The SMILES string of the molecule is Cn1ccnc1[C@@H](NC(=O)CCc1nc(Cl)n[nH]1)C1CC1. The zero-order valence-corrected chi connectivity index (χ0v) is 12.5. The van der Waals surface area contributed by atoms with Crippen LogP contribution in [0.25, 0.3) is 0 Å². The van der Waals surface area contributed by atoms with Gasteiger partial charge in [-0.15, -0.1) is 5.10 Å². The molecule has 2 heterocycles. The van der Waals surface area contributed by atoms with E-state index in [9.17, 15) is 4.79 Å². The van der Waals surface area contributed by atoms with E-state index in [4.69, 9.17) is 11.6 Å². The Kier molecular flexibility index (Phi) is 3.92. The predicted octanol–water partition coefficient (Wildman–Crippen LogP) is 1.39. The number of rotatable bonds is 6. The number of nitrogens with one attached hydrogen (secondary N) is 2. The average molecular weight is 309 g/mol. The van der Waals surface area contributed by atoms with Gasteiger partial charge in [-0.2, -0.15) is 0 Å². The quantitative estimate of drug-likeness (QED) is 0.844. The number of carbonyl (C=O) groups excluding carboxylic acids is 1. The topological polar surface area (TPSA) is 88.5 Å². The van der Waals surface area contributed by atoms with Gasteiger partial charge in [-0.1, -0.05) is 0 Å². The number of hydrogen-bond acceptors (Lipinski definition) is 4. The largest absolute Gasteiger partial charge is 0.346 e. The minimum absolute atomic E-state index is 0.00388. The first kappa shape index (κ1) is 14.1. The molecule has 7 nitrogen and oxygen atoms in total. The number of aromatic amines is 1. The fraction of sp³-hybridized carbons (Fsp3) is 0.538. The van der Waals surface area contributed by atoms with Crippen LogP contribution in [0.15, 0.2) is 12.4 Å². The minimum Gasteiger partial charge on any atom is -0.346 e. The van der Waals surface area contributed by atoms with Gasteiger partial charge in [-0.25, -0.2) is 9.97 Å². The van der Waals surface area contributed by atoms with Gasteiger partial charge >= 0.3 is 0 Å². The second-order valence-electron chi connectivity index (χ2n) is 5.33. The summed E-state index contributed by atoms with van der Waals surface area (Å²) in [5.74, 6) is 2.01. The van der Waals surface area contributed by atoms with Gasteiger partial charge in [0.1, 0.15) is 11.6 Å². The van der Waals surface area contributed by atoms with E-state index in [1.165, 1.54) is 0 Å². The molecule has 2 aromatic heterocycles. The third-order valence-electron chi connectivity index (χ3n) is 3.64. The van der Waals surface area contributed by atoms with Crippen molar-refractivity contribution in [3.8, 4) is 0 Å². The van der Waals surface area contributed by atoms with Gasteiger partial charge in [0.15, 0.2) is 0 Å². The van der Waals surface area contributed by atoms with Crippen LogP contribution in [0.4, 0.5) is 0 Å². The number of hydrogen-bond donors (Lipinski definition) is 2. The predicted molar refractivity (Wildman–Crippen MR) is 76.5 cm³/mol. The first-order valence-corrected chi connectivity index (χ1v) is 7.34. The standard InChI is InChI=1S/C13H17ClN6O/c1-20-7-6-15-12(20)11(8-2-3-8)17-10(21)5-4-9-16-13(14)19-18-9/h6-8,11H,2-5H2,1H3,(H,17,21)(H,16,18,19)/t11-/m0/s1. The molecule has 112 valence electrons. The van der Waals surface area contributed by atoms with Gasteiger partial charge in [-0.3, -0.25) is 9.89 Å². The number of nitrogens with zero attached hydrogens (tertiary/aromatic N) is 4. The molecule has 0 saturated heterocycles. The summed E-state index contributed by atoms with van der Waals surface area (Å²) in [6.45, 7) is 0. The normalized spacial score (nSPS) is 15.9. The number of aromatic nitrogens is 5. The monoisotopic (exact) mass is 308 g/mol. The van der Waals surface area contributed by atoms with E-state index in [-0.39, 0.29) is 17.2 Å². The maximum Gasteiger partial charge on any atom is 0.242 e. The molecule has 1 aliphatic rings. The molecule has 1 fully saturated rings. The molecule has 0 unspecified atom stereocenters. The Labute approximate surface area is 127 Å². The molecule has 0 aliphatic heterocycles. The Morgan fingerprint density at radius 3 is 3.00 bits per heavy atom. The molecule has 3 rings (SSSR count). The summed E-state index contributed by atoms with van der Waals surface area (Å²) in [5, 5.41) is 9.68. The third kappa shape index (κ3) is 3.41. The van der Waals surface area contributed by atoms with Crippen LogP contribution in [0.1, 0.15) is 37.0 Å². The summed E-state index contributed by atoms with van der Waals surface area (Å²) in [7, 11) is 1.94. The molecule has 1 aliphatic carbocycles. The van der Waals surface area contributed by atoms with Crippen LogP contribution in [0.2, 0.25) is 5.28 Å².